The Labute approximate surface area is 108 Å². The van der Waals surface area contributed by atoms with Crippen molar-refractivity contribution in [3.63, 3.8) is 0 Å². The summed E-state index contributed by atoms with van der Waals surface area (Å²) in [5.41, 5.74) is 2.01. The Hall–Kier alpha value is -1.33. The van der Waals surface area contributed by atoms with Crippen molar-refractivity contribution in [3.05, 3.63) is 35.4 Å². The van der Waals surface area contributed by atoms with Crippen LogP contribution in [0.4, 0.5) is 0 Å². The molecule has 1 N–H and O–H groups in total. The summed E-state index contributed by atoms with van der Waals surface area (Å²) >= 11 is 0. The Balaban J connectivity index is 1.39. The highest BCUT2D eigenvalue weighted by Crippen LogP contribution is 2.65. The first-order valence-electron chi connectivity index (χ1n) is 7.09. The Kier molecular flexibility index (Phi) is 2.25. The SMILES string of the molecule is N#Cc1cccc(CNC2C3C4CCC(C4)C23)c1. The first-order chi connectivity index (χ1) is 8.86. The van der Waals surface area contributed by atoms with Gasteiger partial charge >= 0.3 is 0 Å². The molecule has 0 heterocycles. The van der Waals surface area contributed by atoms with Crippen molar-refractivity contribution in [1.82, 2.24) is 5.32 Å². The lowest BCUT2D eigenvalue weighted by Gasteiger charge is -2.10. The number of fused-ring (bicyclic) bond motifs is 5. The number of hydrogen-bond donors (Lipinski definition) is 1. The quantitative estimate of drug-likeness (QED) is 0.878. The minimum Gasteiger partial charge on any atom is -0.309 e. The first kappa shape index (κ1) is 10.6. The van der Waals surface area contributed by atoms with Gasteiger partial charge in [0.1, 0.15) is 0 Å². The average molecular weight is 238 g/mol. The molecule has 92 valence electrons. The number of nitrogens with zero attached hydrogens (tertiary/aromatic N) is 1. The van der Waals surface area contributed by atoms with Gasteiger partial charge in [0.15, 0.2) is 0 Å². The van der Waals surface area contributed by atoms with Crippen LogP contribution in [0.15, 0.2) is 24.3 Å². The van der Waals surface area contributed by atoms with Crippen LogP contribution in [-0.2, 0) is 6.54 Å². The molecule has 0 aliphatic heterocycles. The number of benzene rings is 1. The van der Waals surface area contributed by atoms with Gasteiger partial charge in [0.2, 0.25) is 0 Å². The molecule has 0 amide bonds. The van der Waals surface area contributed by atoms with Gasteiger partial charge in [0.05, 0.1) is 11.6 Å². The summed E-state index contributed by atoms with van der Waals surface area (Å²) in [6, 6.07) is 10.9. The molecule has 4 rings (SSSR count). The van der Waals surface area contributed by atoms with E-state index in [4.69, 9.17) is 5.26 Å². The molecular formula is C16H18N2. The predicted octanol–water partition coefficient (Wildman–Crippen LogP) is 2.69. The van der Waals surface area contributed by atoms with Crippen molar-refractivity contribution in [1.29, 1.82) is 5.26 Å². The Morgan fingerprint density at radius 1 is 1.22 bits per heavy atom. The number of rotatable bonds is 3. The van der Waals surface area contributed by atoms with Crippen LogP contribution in [-0.4, -0.2) is 6.04 Å². The average Bonchev–Trinajstić information content (AvgIpc) is 2.80. The zero-order valence-electron chi connectivity index (χ0n) is 10.5. The summed E-state index contributed by atoms with van der Waals surface area (Å²) in [7, 11) is 0. The number of nitrogens with one attached hydrogen (secondary N) is 1. The summed E-state index contributed by atoms with van der Waals surface area (Å²) in [6.45, 7) is 0.923. The van der Waals surface area contributed by atoms with Crippen molar-refractivity contribution in [3.8, 4) is 6.07 Å². The zero-order chi connectivity index (χ0) is 12.1. The van der Waals surface area contributed by atoms with E-state index in [0.29, 0.717) is 0 Å². The largest absolute Gasteiger partial charge is 0.309 e. The third kappa shape index (κ3) is 1.51. The molecule has 1 aromatic carbocycles. The van der Waals surface area contributed by atoms with Crippen molar-refractivity contribution >= 4 is 0 Å². The normalized spacial score (nSPS) is 39.4. The Morgan fingerprint density at radius 3 is 2.72 bits per heavy atom. The second kappa shape index (κ2) is 3.83. The van der Waals surface area contributed by atoms with Crippen LogP contribution in [0.5, 0.6) is 0 Å². The summed E-state index contributed by atoms with van der Waals surface area (Å²) in [6.07, 6.45) is 4.47. The smallest absolute Gasteiger partial charge is 0.0991 e. The molecule has 3 aliphatic carbocycles. The third-order valence-electron chi connectivity index (χ3n) is 5.33. The maximum Gasteiger partial charge on any atom is 0.0991 e. The fourth-order valence-corrected chi connectivity index (χ4v) is 4.58. The van der Waals surface area contributed by atoms with E-state index in [9.17, 15) is 0 Å². The van der Waals surface area contributed by atoms with Crippen molar-refractivity contribution in [2.75, 3.05) is 0 Å². The van der Waals surface area contributed by atoms with Gasteiger partial charge in [-0.3, -0.25) is 0 Å². The second-order valence-corrected chi connectivity index (χ2v) is 6.21. The maximum absolute atomic E-state index is 8.89. The van der Waals surface area contributed by atoms with Gasteiger partial charge < -0.3 is 5.32 Å². The lowest BCUT2D eigenvalue weighted by molar-refractivity contribution is 0.456. The van der Waals surface area contributed by atoms with E-state index < -0.39 is 0 Å². The third-order valence-corrected chi connectivity index (χ3v) is 5.33. The maximum atomic E-state index is 8.89. The molecule has 0 radical (unpaired) electrons. The molecule has 3 fully saturated rings. The highest BCUT2D eigenvalue weighted by Gasteiger charge is 2.64. The Morgan fingerprint density at radius 2 is 2.00 bits per heavy atom. The molecule has 1 aromatic rings. The highest BCUT2D eigenvalue weighted by molar-refractivity contribution is 5.32. The van der Waals surface area contributed by atoms with Gasteiger partial charge in [-0.25, -0.2) is 0 Å². The molecule has 2 nitrogen and oxygen atoms in total. The standard InChI is InChI=1S/C16H18N2/c17-8-10-2-1-3-11(6-10)9-18-16-14-12-4-5-13(7-12)15(14)16/h1-3,6,12-16,18H,4-5,7,9H2. The van der Waals surface area contributed by atoms with Crippen molar-refractivity contribution in [2.45, 2.75) is 31.8 Å². The van der Waals surface area contributed by atoms with E-state index >= 15 is 0 Å². The van der Waals surface area contributed by atoms with E-state index in [-0.39, 0.29) is 0 Å². The number of hydrogen-bond acceptors (Lipinski definition) is 2. The summed E-state index contributed by atoms with van der Waals surface area (Å²) < 4.78 is 0. The van der Waals surface area contributed by atoms with Gasteiger partial charge in [-0.2, -0.15) is 5.26 Å². The van der Waals surface area contributed by atoms with Crippen LogP contribution in [0.1, 0.15) is 30.4 Å². The van der Waals surface area contributed by atoms with Gasteiger partial charge in [0, 0.05) is 12.6 Å². The van der Waals surface area contributed by atoms with Crippen molar-refractivity contribution in [2.24, 2.45) is 23.7 Å². The van der Waals surface area contributed by atoms with Gasteiger partial charge in [0.25, 0.3) is 0 Å². The molecule has 18 heavy (non-hydrogen) atoms. The molecule has 0 aromatic heterocycles. The van der Waals surface area contributed by atoms with E-state index in [1.807, 2.05) is 18.2 Å². The van der Waals surface area contributed by atoms with Gasteiger partial charge in [-0.05, 0) is 60.6 Å². The van der Waals surface area contributed by atoms with E-state index in [0.717, 1.165) is 41.8 Å². The number of nitriles is 1. The van der Waals surface area contributed by atoms with Crippen LogP contribution in [0.3, 0.4) is 0 Å². The lowest BCUT2D eigenvalue weighted by atomic mass is 10.0. The highest BCUT2D eigenvalue weighted by atomic mass is 15.0. The van der Waals surface area contributed by atoms with E-state index in [2.05, 4.69) is 17.5 Å². The van der Waals surface area contributed by atoms with Crippen molar-refractivity contribution < 1.29 is 0 Å². The zero-order valence-corrected chi connectivity index (χ0v) is 10.5. The van der Waals surface area contributed by atoms with Crippen LogP contribution in [0.25, 0.3) is 0 Å². The predicted molar refractivity (Wildman–Crippen MR) is 69.6 cm³/mol. The van der Waals surface area contributed by atoms with E-state index in [1.54, 1.807) is 0 Å². The minimum absolute atomic E-state index is 0.769. The molecule has 0 spiro atoms. The minimum atomic E-state index is 0.769. The molecule has 3 saturated carbocycles. The Bertz CT molecular complexity index is 500. The van der Waals surface area contributed by atoms with Crippen LogP contribution in [0.2, 0.25) is 0 Å². The topological polar surface area (TPSA) is 35.8 Å². The molecule has 4 unspecified atom stereocenters. The molecule has 2 bridgehead atoms. The summed E-state index contributed by atoms with van der Waals surface area (Å²) in [5, 5.41) is 12.6. The first-order valence-corrected chi connectivity index (χ1v) is 7.09. The molecule has 3 aliphatic rings. The molecular weight excluding hydrogens is 220 g/mol. The fraction of sp³-hybridized carbons (Fsp3) is 0.562. The lowest BCUT2D eigenvalue weighted by Crippen LogP contribution is -2.22. The summed E-state index contributed by atoms with van der Waals surface area (Å²) in [4.78, 5) is 0. The van der Waals surface area contributed by atoms with Crippen LogP contribution in [0, 0.1) is 35.0 Å². The van der Waals surface area contributed by atoms with Crippen LogP contribution >= 0.6 is 0 Å². The monoisotopic (exact) mass is 238 g/mol. The van der Waals surface area contributed by atoms with Gasteiger partial charge in [-0.15, -0.1) is 0 Å². The fourth-order valence-electron chi connectivity index (χ4n) is 4.58. The van der Waals surface area contributed by atoms with E-state index in [1.165, 1.54) is 24.8 Å². The molecule has 4 atom stereocenters. The summed E-state index contributed by atoms with van der Waals surface area (Å²) in [5.74, 6) is 4.04. The molecule has 0 saturated heterocycles. The molecule has 2 heteroatoms. The van der Waals surface area contributed by atoms with Gasteiger partial charge in [-0.1, -0.05) is 12.1 Å². The second-order valence-electron chi connectivity index (χ2n) is 6.21. The van der Waals surface area contributed by atoms with Crippen LogP contribution < -0.4 is 5.32 Å².